The Morgan fingerprint density at radius 3 is 1.88 bits per heavy atom. The molecule has 24 heavy (non-hydrogen) atoms. The number of aliphatic hydroxyl groups excluding tert-OH is 1. The van der Waals surface area contributed by atoms with Gasteiger partial charge < -0.3 is 21.5 Å². The molecule has 2 aromatic carbocycles. The predicted molar refractivity (Wildman–Crippen MR) is 96.2 cm³/mol. The average molecular weight is 330 g/mol. The Hall–Kier alpha value is -2.80. The zero-order chi connectivity index (χ0) is 17.4. The largest absolute Gasteiger partial charge is 0.399 e. The van der Waals surface area contributed by atoms with E-state index in [9.17, 15) is 15.2 Å². The third-order valence-electron chi connectivity index (χ3n) is 3.60. The van der Waals surface area contributed by atoms with Crippen LogP contribution in [-0.2, 0) is 0 Å². The highest BCUT2D eigenvalue weighted by Crippen LogP contribution is 2.15. The molecule has 0 saturated heterocycles. The van der Waals surface area contributed by atoms with E-state index in [0.717, 1.165) is 17.1 Å². The first-order valence-electron chi connectivity index (χ1n) is 7.80. The average Bonchev–Trinajstić information content (AvgIpc) is 2.57. The standard InChI is InChI=1S/C17H22N4O3/c18-13-1-3-14(4-2-13)19-11-9-17(22)10-12-20-15-5-7-16(8-6-15)21(23)24/h1-8,17,19-20,22H,9-12,18H2. The van der Waals surface area contributed by atoms with Crippen LogP contribution in [0.2, 0.25) is 0 Å². The minimum absolute atomic E-state index is 0.0642. The van der Waals surface area contributed by atoms with Gasteiger partial charge in [-0.05, 0) is 49.2 Å². The van der Waals surface area contributed by atoms with Crippen molar-refractivity contribution < 1.29 is 10.0 Å². The number of nitrogens with two attached hydrogens (primary N) is 1. The van der Waals surface area contributed by atoms with Gasteiger partial charge >= 0.3 is 0 Å². The fraction of sp³-hybridized carbons (Fsp3) is 0.294. The van der Waals surface area contributed by atoms with Crippen molar-refractivity contribution in [3.63, 3.8) is 0 Å². The van der Waals surface area contributed by atoms with Crippen molar-refractivity contribution in [3.8, 4) is 0 Å². The number of aliphatic hydroxyl groups is 1. The summed E-state index contributed by atoms with van der Waals surface area (Å²) in [5.74, 6) is 0. The molecule has 1 unspecified atom stereocenters. The van der Waals surface area contributed by atoms with E-state index in [1.54, 1.807) is 12.1 Å². The molecule has 2 rings (SSSR count). The predicted octanol–water partition coefficient (Wildman–Crippen LogP) is 2.84. The van der Waals surface area contributed by atoms with Crippen molar-refractivity contribution in [3.05, 3.63) is 58.6 Å². The normalized spacial score (nSPS) is 11.7. The molecule has 0 aromatic heterocycles. The van der Waals surface area contributed by atoms with Crippen LogP contribution in [0.5, 0.6) is 0 Å². The topological polar surface area (TPSA) is 113 Å². The third kappa shape index (κ3) is 5.77. The van der Waals surface area contributed by atoms with Crippen molar-refractivity contribution in [2.45, 2.75) is 18.9 Å². The van der Waals surface area contributed by atoms with E-state index in [1.165, 1.54) is 12.1 Å². The highest BCUT2D eigenvalue weighted by molar-refractivity contribution is 5.51. The molecule has 128 valence electrons. The molecule has 0 fully saturated rings. The first kappa shape index (κ1) is 17.6. The zero-order valence-corrected chi connectivity index (χ0v) is 13.3. The van der Waals surface area contributed by atoms with Gasteiger partial charge in [0.15, 0.2) is 0 Å². The minimum atomic E-state index is -0.429. The summed E-state index contributed by atoms with van der Waals surface area (Å²) in [5, 5.41) is 26.9. The van der Waals surface area contributed by atoms with Crippen LogP contribution in [0.4, 0.5) is 22.7 Å². The Labute approximate surface area is 140 Å². The smallest absolute Gasteiger partial charge is 0.269 e. The molecule has 0 heterocycles. The number of hydrogen-bond donors (Lipinski definition) is 4. The molecule has 0 saturated carbocycles. The molecule has 7 nitrogen and oxygen atoms in total. The molecule has 0 aliphatic heterocycles. The van der Waals surface area contributed by atoms with Crippen LogP contribution in [0, 0.1) is 10.1 Å². The van der Waals surface area contributed by atoms with E-state index in [-0.39, 0.29) is 5.69 Å². The summed E-state index contributed by atoms with van der Waals surface area (Å²) in [6.07, 6.45) is 0.809. The molecule has 0 amide bonds. The molecular weight excluding hydrogens is 308 g/mol. The highest BCUT2D eigenvalue weighted by atomic mass is 16.6. The molecule has 0 aliphatic rings. The van der Waals surface area contributed by atoms with E-state index in [2.05, 4.69) is 10.6 Å². The zero-order valence-electron chi connectivity index (χ0n) is 13.3. The number of hydrogen-bond acceptors (Lipinski definition) is 6. The number of nitrogens with one attached hydrogen (secondary N) is 2. The molecule has 2 aromatic rings. The summed E-state index contributed by atoms with van der Waals surface area (Å²) >= 11 is 0. The molecule has 7 heteroatoms. The lowest BCUT2D eigenvalue weighted by Gasteiger charge is -2.13. The third-order valence-corrected chi connectivity index (χ3v) is 3.60. The lowest BCUT2D eigenvalue weighted by molar-refractivity contribution is -0.384. The molecule has 1 atom stereocenters. The van der Waals surface area contributed by atoms with Crippen LogP contribution < -0.4 is 16.4 Å². The summed E-state index contributed by atoms with van der Waals surface area (Å²) in [4.78, 5) is 10.1. The van der Waals surface area contributed by atoms with Gasteiger partial charge in [-0.15, -0.1) is 0 Å². The van der Waals surface area contributed by atoms with Gasteiger partial charge in [-0.25, -0.2) is 0 Å². The lowest BCUT2D eigenvalue weighted by atomic mass is 10.1. The van der Waals surface area contributed by atoms with Crippen LogP contribution in [0.3, 0.4) is 0 Å². The number of nitro benzene ring substituents is 1. The monoisotopic (exact) mass is 330 g/mol. The summed E-state index contributed by atoms with van der Waals surface area (Å²) in [7, 11) is 0. The van der Waals surface area contributed by atoms with Crippen LogP contribution in [0.25, 0.3) is 0 Å². The number of nitrogen functional groups attached to an aromatic ring is 1. The van der Waals surface area contributed by atoms with E-state index >= 15 is 0 Å². The first-order valence-corrected chi connectivity index (χ1v) is 7.80. The van der Waals surface area contributed by atoms with Gasteiger partial charge in [-0.1, -0.05) is 0 Å². The van der Waals surface area contributed by atoms with Gasteiger partial charge in [0.05, 0.1) is 11.0 Å². The SMILES string of the molecule is Nc1ccc(NCCC(O)CCNc2ccc([N+](=O)[O-])cc2)cc1. The minimum Gasteiger partial charge on any atom is -0.399 e. The Balaban J connectivity index is 1.63. The van der Waals surface area contributed by atoms with Crippen molar-refractivity contribution >= 4 is 22.7 Å². The second kappa shape index (κ2) is 8.73. The number of non-ortho nitro benzene ring substituents is 1. The van der Waals surface area contributed by atoms with E-state index in [0.29, 0.717) is 25.9 Å². The number of nitro groups is 1. The maximum absolute atomic E-state index is 10.6. The van der Waals surface area contributed by atoms with Gasteiger partial charge in [0.1, 0.15) is 0 Å². The van der Waals surface area contributed by atoms with Crippen LogP contribution in [-0.4, -0.2) is 29.2 Å². The van der Waals surface area contributed by atoms with E-state index < -0.39 is 11.0 Å². The Bertz CT molecular complexity index is 644. The fourth-order valence-corrected chi connectivity index (χ4v) is 2.21. The second-order valence-electron chi connectivity index (χ2n) is 5.51. The van der Waals surface area contributed by atoms with Gasteiger partial charge in [0.25, 0.3) is 5.69 Å². The summed E-state index contributed by atoms with van der Waals surface area (Å²) in [5.41, 5.74) is 8.18. The van der Waals surface area contributed by atoms with Crippen LogP contribution in [0.1, 0.15) is 12.8 Å². The summed E-state index contributed by atoms with van der Waals surface area (Å²) in [6.45, 7) is 1.27. The van der Waals surface area contributed by atoms with Crippen LogP contribution in [0.15, 0.2) is 48.5 Å². The van der Waals surface area contributed by atoms with Crippen molar-refractivity contribution in [1.29, 1.82) is 0 Å². The Morgan fingerprint density at radius 2 is 1.42 bits per heavy atom. The second-order valence-corrected chi connectivity index (χ2v) is 5.51. The number of anilines is 3. The summed E-state index contributed by atoms with van der Waals surface area (Å²) in [6, 6.07) is 13.7. The lowest BCUT2D eigenvalue weighted by Crippen LogP contribution is -2.17. The van der Waals surface area contributed by atoms with E-state index in [4.69, 9.17) is 5.73 Å². The van der Waals surface area contributed by atoms with E-state index in [1.807, 2.05) is 24.3 Å². The first-order chi connectivity index (χ1) is 11.5. The molecule has 0 bridgehead atoms. The number of benzene rings is 2. The van der Waals surface area contributed by atoms with Crippen molar-refractivity contribution in [1.82, 2.24) is 0 Å². The maximum atomic E-state index is 10.6. The molecule has 0 radical (unpaired) electrons. The highest BCUT2D eigenvalue weighted by Gasteiger charge is 2.06. The molecule has 0 aliphatic carbocycles. The number of rotatable bonds is 9. The summed E-state index contributed by atoms with van der Waals surface area (Å²) < 4.78 is 0. The Morgan fingerprint density at radius 1 is 0.958 bits per heavy atom. The van der Waals surface area contributed by atoms with Crippen molar-refractivity contribution in [2.75, 3.05) is 29.5 Å². The van der Waals surface area contributed by atoms with Gasteiger partial charge in [-0.3, -0.25) is 10.1 Å². The molecule has 0 spiro atoms. The van der Waals surface area contributed by atoms with Gasteiger partial charge in [0.2, 0.25) is 0 Å². The quantitative estimate of drug-likeness (QED) is 0.319. The Kier molecular flexibility index (Phi) is 6.39. The fourth-order valence-electron chi connectivity index (χ4n) is 2.21. The molecule has 5 N–H and O–H groups in total. The van der Waals surface area contributed by atoms with Crippen LogP contribution >= 0.6 is 0 Å². The molecular formula is C17H22N4O3. The van der Waals surface area contributed by atoms with Gasteiger partial charge in [0, 0.05) is 42.3 Å². The van der Waals surface area contributed by atoms with Crippen molar-refractivity contribution in [2.24, 2.45) is 0 Å². The van der Waals surface area contributed by atoms with Gasteiger partial charge in [-0.2, -0.15) is 0 Å². The maximum Gasteiger partial charge on any atom is 0.269 e. The number of nitrogens with zero attached hydrogens (tertiary/aromatic N) is 1.